The van der Waals surface area contributed by atoms with Crippen LogP contribution in [0.15, 0.2) is 0 Å². The smallest absolute Gasteiger partial charge is 0.240 e. The number of rotatable bonds is 4. The van der Waals surface area contributed by atoms with Gasteiger partial charge in [-0.1, -0.05) is 20.3 Å². The summed E-state index contributed by atoms with van der Waals surface area (Å²) in [5, 5.41) is 0. The Morgan fingerprint density at radius 1 is 1.67 bits per heavy atom. The van der Waals surface area contributed by atoms with Crippen LogP contribution in [0, 0.1) is 5.92 Å². The molecule has 2 unspecified atom stereocenters. The van der Waals surface area contributed by atoms with E-state index in [1.165, 1.54) is 0 Å². The van der Waals surface area contributed by atoms with Gasteiger partial charge in [-0.2, -0.15) is 0 Å². The summed E-state index contributed by atoms with van der Waals surface area (Å²) in [7, 11) is 0. The lowest BCUT2D eigenvalue weighted by Gasteiger charge is -2.26. The van der Waals surface area contributed by atoms with Gasteiger partial charge in [0.2, 0.25) is 5.91 Å². The summed E-state index contributed by atoms with van der Waals surface area (Å²) >= 11 is 0. The van der Waals surface area contributed by atoms with E-state index in [0.29, 0.717) is 6.54 Å². The summed E-state index contributed by atoms with van der Waals surface area (Å²) in [6, 6.07) is -0.705. The van der Waals surface area contributed by atoms with Crippen molar-refractivity contribution < 1.29 is 9.59 Å². The lowest BCUT2D eigenvalue weighted by atomic mass is 9.99. The Morgan fingerprint density at radius 2 is 2.33 bits per heavy atom. The first-order valence-corrected chi connectivity index (χ1v) is 5.63. The van der Waals surface area contributed by atoms with E-state index < -0.39 is 6.04 Å². The summed E-state index contributed by atoms with van der Waals surface area (Å²) < 4.78 is 0. The fourth-order valence-corrected chi connectivity index (χ4v) is 1.90. The molecule has 0 aliphatic carbocycles. The highest BCUT2D eigenvalue weighted by Crippen LogP contribution is 2.18. The van der Waals surface area contributed by atoms with Gasteiger partial charge in [0.25, 0.3) is 0 Å². The maximum absolute atomic E-state index is 12.0. The van der Waals surface area contributed by atoms with Crippen molar-refractivity contribution in [2.45, 2.75) is 45.2 Å². The topological polar surface area (TPSA) is 63.4 Å². The number of nitrogens with zero attached hydrogens (tertiary/aromatic N) is 1. The fourth-order valence-electron chi connectivity index (χ4n) is 1.90. The van der Waals surface area contributed by atoms with Gasteiger partial charge in [0.1, 0.15) is 6.29 Å². The van der Waals surface area contributed by atoms with Crippen LogP contribution >= 0.6 is 0 Å². The third-order valence-corrected chi connectivity index (χ3v) is 3.28. The maximum atomic E-state index is 12.0. The van der Waals surface area contributed by atoms with Gasteiger partial charge in [-0.05, 0) is 18.8 Å². The van der Waals surface area contributed by atoms with Crippen LogP contribution in [0.1, 0.15) is 33.1 Å². The van der Waals surface area contributed by atoms with Gasteiger partial charge in [0.15, 0.2) is 0 Å². The average Bonchev–Trinajstić information content (AvgIpc) is 2.73. The molecular weight excluding hydrogens is 192 g/mol. The lowest BCUT2D eigenvalue weighted by molar-refractivity contribution is -0.136. The predicted octanol–water partition coefficient (Wildman–Crippen LogP) is 0.550. The largest absolute Gasteiger partial charge is 0.332 e. The predicted molar refractivity (Wildman–Crippen MR) is 58.2 cm³/mol. The molecule has 4 nitrogen and oxygen atoms in total. The molecule has 0 bridgehead atoms. The van der Waals surface area contributed by atoms with Crippen LogP contribution in [-0.2, 0) is 9.59 Å². The van der Waals surface area contributed by atoms with Gasteiger partial charge in [0, 0.05) is 6.54 Å². The van der Waals surface area contributed by atoms with E-state index in [1.807, 2.05) is 13.8 Å². The van der Waals surface area contributed by atoms with E-state index in [9.17, 15) is 9.59 Å². The van der Waals surface area contributed by atoms with Gasteiger partial charge in [-0.3, -0.25) is 4.79 Å². The minimum absolute atomic E-state index is 0.0704. The highest BCUT2D eigenvalue weighted by atomic mass is 16.2. The Labute approximate surface area is 90.8 Å². The first-order valence-electron chi connectivity index (χ1n) is 5.63. The van der Waals surface area contributed by atoms with E-state index in [-0.39, 0.29) is 17.9 Å². The summed E-state index contributed by atoms with van der Waals surface area (Å²) in [6.45, 7) is 4.65. The summed E-state index contributed by atoms with van der Waals surface area (Å²) in [4.78, 5) is 24.3. The molecule has 0 radical (unpaired) electrons. The molecule has 1 fully saturated rings. The van der Waals surface area contributed by atoms with E-state index in [4.69, 9.17) is 5.73 Å². The summed E-state index contributed by atoms with van der Waals surface area (Å²) in [5.41, 5.74) is 5.86. The van der Waals surface area contributed by atoms with E-state index in [1.54, 1.807) is 4.90 Å². The van der Waals surface area contributed by atoms with Crippen molar-refractivity contribution in [1.29, 1.82) is 0 Å². The van der Waals surface area contributed by atoms with Crippen molar-refractivity contribution in [3.63, 3.8) is 0 Å². The van der Waals surface area contributed by atoms with Gasteiger partial charge >= 0.3 is 0 Å². The van der Waals surface area contributed by atoms with Crippen molar-refractivity contribution in [2.24, 2.45) is 11.7 Å². The second-order valence-corrected chi connectivity index (χ2v) is 4.29. The third kappa shape index (κ3) is 2.56. The minimum atomic E-state index is -0.462. The Balaban J connectivity index is 2.63. The van der Waals surface area contributed by atoms with Crippen molar-refractivity contribution >= 4 is 12.2 Å². The van der Waals surface area contributed by atoms with Crippen molar-refractivity contribution in [3.8, 4) is 0 Å². The van der Waals surface area contributed by atoms with Crippen LogP contribution in [-0.4, -0.2) is 35.7 Å². The fraction of sp³-hybridized carbons (Fsp3) is 0.818. The molecule has 1 heterocycles. The molecule has 4 heteroatoms. The monoisotopic (exact) mass is 212 g/mol. The van der Waals surface area contributed by atoms with E-state index in [2.05, 4.69) is 0 Å². The number of carbonyl (C=O) groups is 2. The number of likely N-dealkylation sites (tertiary alicyclic amines) is 1. The average molecular weight is 212 g/mol. The van der Waals surface area contributed by atoms with Crippen LogP contribution < -0.4 is 5.73 Å². The molecule has 15 heavy (non-hydrogen) atoms. The zero-order valence-electron chi connectivity index (χ0n) is 9.48. The molecule has 1 amide bonds. The van der Waals surface area contributed by atoms with Crippen molar-refractivity contribution in [1.82, 2.24) is 4.90 Å². The van der Waals surface area contributed by atoms with Crippen molar-refractivity contribution in [2.75, 3.05) is 6.54 Å². The van der Waals surface area contributed by atoms with Crippen LogP contribution in [0.2, 0.25) is 0 Å². The highest BCUT2D eigenvalue weighted by molar-refractivity contribution is 5.85. The highest BCUT2D eigenvalue weighted by Gasteiger charge is 2.32. The van der Waals surface area contributed by atoms with Crippen LogP contribution in [0.5, 0.6) is 0 Å². The standard InChI is InChI=1S/C11H20N2O2/c1-3-8(2)10(12)11(15)13-6-4-5-9(13)7-14/h7-10H,3-6,12H2,1-2H3/t8?,9-,10?/m0/s1. The molecule has 0 saturated carbocycles. The van der Waals surface area contributed by atoms with Gasteiger partial charge in [-0.15, -0.1) is 0 Å². The SMILES string of the molecule is CCC(C)C(N)C(=O)N1CCC[C@H]1C=O. The van der Waals surface area contributed by atoms with Crippen LogP contribution in [0.25, 0.3) is 0 Å². The summed E-state index contributed by atoms with van der Waals surface area (Å²) in [5.74, 6) is 0.101. The lowest BCUT2D eigenvalue weighted by Crippen LogP contribution is -2.49. The van der Waals surface area contributed by atoms with Crippen LogP contribution in [0.4, 0.5) is 0 Å². The number of amides is 1. The van der Waals surface area contributed by atoms with E-state index in [0.717, 1.165) is 25.5 Å². The maximum Gasteiger partial charge on any atom is 0.240 e. The number of carbonyl (C=O) groups excluding carboxylic acids is 2. The molecular formula is C11H20N2O2. The quantitative estimate of drug-likeness (QED) is 0.692. The Kier molecular flexibility index (Phi) is 4.27. The molecule has 0 aromatic heterocycles. The van der Waals surface area contributed by atoms with E-state index >= 15 is 0 Å². The molecule has 1 saturated heterocycles. The third-order valence-electron chi connectivity index (χ3n) is 3.28. The second kappa shape index (κ2) is 5.26. The molecule has 2 N–H and O–H groups in total. The zero-order chi connectivity index (χ0) is 11.4. The minimum Gasteiger partial charge on any atom is -0.332 e. The Bertz CT molecular complexity index is 243. The first kappa shape index (κ1) is 12.2. The normalized spacial score (nSPS) is 25.0. The zero-order valence-corrected chi connectivity index (χ0v) is 9.48. The summed E-state index contributed by atoms with van der Waals surface area (Å²) in [6.07, 6.45) is 3.42. The van der Waals surface area contributed by atoms with Gasteiger partial charge < -0.3 is 15.4 Å². The molecule has 0 spiro atoms. The number of hydrogen-bond acceptors (Lipinski definition) is 3. The molecule has 3 atom stereocenters. The number of hydrogen-bond donors (Lipinski definition) is 1. The molecule has 1 aliphatic heterocycles. The van der Waals surface area contributed by atoms with Crippen LogP contribution in [0.3, 0.4) is 0 Å². The number of nitrogens with two attached hydrogens (primary N) is 1. The van der Waals surface area contributed by atoms with Gasteiger partial charge in [0.05, 0.1) is 12.1 Å². The first-order chi connectivity index (χ1) is 7.11. The molecule has 1 rings (SSSR count). The van der Waals surface area contributed by atoms with Gasteiger partial charge in [-0.25, -0.2) is 0 Å². The van der Waals surface area contributed by atoms with Crippen molar-refractivity contribution in [3.05, 3.63) is 0 Å². The Morgan fingerprint density at radius 3 is 2.87 bits per heavy atom. The number of aldehydes is 1. The molecule has 0 aromatic carbocycles. The molecule has 1 aliphatic rings. The molecule has 0 aromatic rings. The second-order valence-electron chi connectivity index (χ2n) is 4.29. The Hall–Kier alpha value is -0.900. The molecule has 86 valence electrons.